The lowest BCUT2D eigenvalue weighted by Gasteiger charge is -2.40. The van der Waals surface area contributed by atoms with E-state index in [1.165, 1.54) is 0 Å². The Balaban J connectivity index is 2.16. The smallest absolute Gasteiger partial charge is 0.405 e. The number of rotatable bonds is 6. The van der Waals surface area contributed by atoms with Gasteiger partial charge in [0.15, 0.2) is 0 Å². The maximum atomic E-state index is 12.8. The fraction of sp³-hybridized carbons (Fsp3) is 0.364. The molecule has 0 spiro atoms. The Morgan fingerprint density at radius 2 is 1.55 bits per heavy atom. The molecule has 7 nitrogen and oxygen atoms in total. The van der Waals surface area contributed by atoms with Crippen LogP contribution in [-0.2, 0) is 4.79 Å². The van der Waals surface area contributed by atoms with Gasteiger partial charge >= 0.3 is 6.09 Å². The molecule has 2 amide bonds. The zero-order valence-electron chi connectivity index (χ0n) is 17.6. The average molecular weight is 400 g/mol. The Hall–Kier alpha value is -3.22. The minimum Gasteiger partial charge on any atom is -0.497 e. The van der Waals surface area contributed by atoms with Gasteiger partial charge in [0.2, 0.25) is 0 Å². The highest BCUT2D eigenvalue weighted by atomic mass is 16.5. The van der Waals surface area contributed by atoms with Crippen molar-refractivity contribution >= 4 is 17.7 Å². The van der Waals surface area contributed by atoms with Crippen LogP contribution in [0.1, 0.15) is 33.3 Å². The van der Waals surface area contributed by atoms with Crippen molar-refractivity contribution in [2.45, 2.75) is 40.2 Å². The van der Waals surface area contributed by atoms with Crippen molar-refractivity contribution in [1.29, 1.82) is 0 Å². The van der Waals surface area contributed by atoms with Crippen LogP contribution in [0.3, 0.4) is 0 Å². The molecule has 156 valence electrons. The van der Waals surface area contributed by atoms with E-state index in [0.29, 0.717) is 22.9 Å². The zero-order chi connectivity index (χ0) is 21.8. The van der Waals surface area contributed by atoms with Crippen LogP contribution in [0, 0.1) is 12.3 Å². The van der Waals surface area contributed by atoms with Crippen molar-refractivity contribution in [2.75, 3.05) is 12.4 Å². The fourth-order valence-corrected chi connectivity index (χ4v) is 2.61. The summed E-state index contributed by atoms with van der Waals surface area (Å²) < 4.78 is 11.1. The molecule has 0 heterocycles. The standard InChI is InChI=1S/C22H28N2O5/c1-14-7-10-17(28-6)13-18(14)29-16-11-8-15(9-12-16)23-19(25)22(5,21(2,3)4)24-20(26)27/h7-13,24H,1-6H3,(H,23,25)(H,26,27)/t22-/m0/s1. The fourth-order valence-electron chi connectivity index (χ4n) is 2.61. The number of benzene rings is 2. The van der Waals surface area contributed by atoms with Crippen LogP contribution >= 0.6 is 0 Å². The highest BCUT2D eigenvalue weighted by molar-refractivity contribution is 6.00. The van der Waals surface area contributed by atoms with Crippen LogP contribution in [0.2, 0.25) is 0 Å². The molecule has 0 aromatic heterocycles. The molecule has 0 aliphatic carbocycles. The topological polar surface area (TPSA) is 96.9 Å². The molecule has 29 heavy (non-hydrogen) atoms. The second kappa shape index (κ2) is 8.43. The lowest BCUT2D eigenvalue weighted by molar-refractivity contribution is -0.125. The molecule has 2 aromatic rings. The van der Waals surface area contributed by atoms with Gasteiger partial charge in [0.05, 0.1) is 7.11 Å². The minimum absolute atomic E-state index is 0.440. The summed E-state index contributed by atoms with van der Waals surface area (Å²) in [7, 11) is 1.59. The molecule has 0 bridgehead atoms. The lowest BCUT2D eigenvalue weighted by Crippen LogP contribution is -2.61. The average Bonchev–Trinajstić information content (AvgIpc) is 2.63. The van der Waals surface area contributed by atoms with E-state index in [1.807, 2.05) is 19.1 Å². The quantitative estimate of drug-likeness (QED) is 0.647. The number of aryl methyl sites for hydroxylation is 1. The van der Waals surface area contributed by atoms with Crippen LogP contribution < -0.4 is 20.1 Å². The van der Waals surface area contributed by atoms with E-state index < -0.39 is 23.0 Å². The first-order valence-electron chi connectivity index (χ1n) is 9.21. The predicted octanol–water partition coefficient (Wildman–Crippen LogP) is 4.81. The number of hydrogen-bond donors (Lipinski definition) is 3. The molecule has 0 fully saturated rings. The highest BCUT2D eigenvalue weighted by Crippen LogP contribution is 2.32. The number of methoxy groups -OCH3 is 1. The summed E-state index contributed by atoms with van der Waals surface area (Å²) in [6, 6.07) is 12.4. The van der Waals surface area contributed by atoms with Gasteiger partial charge in [-0.3, -0.25) is 4.79 Å². The van der Waals surface area contributed by atoms with E-state index in [4.69, 9.17) is 14.6 Å². The normalized spacial score (nSPS) is 13.2. The molecule has 0 saturated carbocycles. The summed E-state index contributed by atoms with van der Waals surface area (Å²) in [6.45, 7) is 8.91. The van der Waals surface area contributed by atoms with Crippen molar-refractivity contribution in [2.24, 2.45) is 5.41 Å². The Bertz CT molecular complexity index is 887. The molecule has 0 unspecified atom stereocenters. The maximum absolute atomic E-state index is 12.8. The Morgan fingerprint density at radius 1 is 0.966 bits per heavy atom. The summed E-state index contributed by atoms with van der Waals surface area (Å²) in [5.41, 5.74) is -0.454. The van der Waals surface area contributed by atoms with Crippen LogP contribution in [-0.4, -0.2) is 29.8 Å². The van der Waals surface area contributed by atoms with Gasteiger partial charge in [-0.05, 0) is 55.2 Å². The Labute approximate surface area is 171 Å². The van der Waals surface area contributed by atoms with E-state index in [1.54, 1.807) is 65.1 Å². The number of nitrogens with one attached hydrogen (secondary N) is 2. The first-order valence-corrected chi connectivity index (χ1v) is 9.21. The minimum atomic E-state index is -1.31. The van der Waals surface area contributed by atoms with Crippen LogP contribution in [0.15, 0.2) is 42.5 Å². The van der Waals surface area contributed by atoms with Crippen molar-refractivity contribution in [3.8, 4) is 17.2 Å². The summed E-state index contributed by atoms with van der Waals surface area (Å²) in [6.07, 6.45) is -1.25. The van der Waals surface area contributed by atoms with E-state index in [0.717, 1.165) is 5.56 Å². The number of hydrogen-bond acceptors (Lipinski definition) is 4. The number of carboxylic acid groups (broad SMARTS) is 1. The molecule has 0 aliphatic heterocycles. The monoisotopic (exact) mass is 400 g/mol. The van der Waals surface area contributed by atoms with Crippen LogP contribution in [0.4, 0.5) is 10.5 Å². The van der Waals surface area contributed by atoms with Gasteiger partial charge in [0.25, 0.3) is 5.91 Å². The van der Waals surface area contributed by atoms with Gasteiger partial charge in [0, 0.05) is 11.8 Å². The van der Waals surface area contributed by atoms with E-state index in [9.17, 15) is 9.59 Å². The molecule has 1 atom stereocenters. The number of carbonyl (C=O) groups excluding carboxylic acids is 1. The van der Waals surface area contributed by atoms with E-state index in [2.05, 4.69) is 10.6 Å². The largest absolute Gasteiger partial charge is 0.497 e. The van der Waals surface area contributed by atoms with Gasteiger partial charge in [-0.25, -0.2) is 4.79 Å². The molecule has 0 aliphatic rings. The number of amides is 2. The van der Waals surface area contributed by atoms with Gasteiger partial charge in [-0.1, -0.05) is 26.8 Å². The maximum Gasteiger partial charge on any atom is 0.405 e. The molecule has 7 heteroatoms. The summed E-state index contributed by atoms with van der Waals surface area (Å²) in [5.74, 6) is 1.53. The van der Waals surface area contributed by atoms with Crippen molar-refractivity contribution in [1.82, 2.24) is 5.32 Å². The van der Waals surface area contributed by atoms with Crippen molar-refractivity contribution < 1.29 is 24.2 Å². The first kappa shape index (κ1) is 22.1. The van der Waals surface area contributed by atoms with Crippen LogP contribution in [0.25, 0.3) is 0 Å². The summed E-state index contributed by atoms with van der Waals surface area (Å²) >= 11 is 0. The Morgan fingerprint density at radius 3 is 2.07 bits per heavy atom. The van der Waals surface area contributed by atoms with Gasteiger partial charge in [0.1, 0.15) is 22.8 Å². The summed E-state index contributed by atoms with van der Waals surface area (Å²) in [5, 5.41) is 14.3. The highest BCUT2D eigenvalue weighted by Gasteiger charge is 2.45. The number of anilines is 1. The Kier molecular flexibility index (Phi) is 6.41. The second-order valence-corrected chi connectivity index (χ2v) is 8.02. The molecule has 2 aromatic carbocycles. The van der Waals surface area contributed by atoms with Crippen molar-refractivity contribution in [3.05, 3.63) is 48.0 Å². The molecule has 0 saturated heterocycles. The molecule has 2 rings (SSSR count). The first-order chi connectivity index (χ1) is 13.5. The number of ether oxygens (including phenoxy) is 2. The van der Waals surface area contributed by atoms with Gasteiger partial charge in [-0.2, -0.15) is 0 Å². The van der Waals surface area contributed by atoms with Crippen LogP contribution in [0.5, 0.6) is 17.2 Å². The van der Waals surface area contributed by atoms with Crippen molar-refractivity contribution in [3.63, 3.8) is 0 Å². The van der Waals surface area contributed by atoms with Gasteiger partial charge < -0.3 is 25.2 Å². The predicted molar refractivity (Wildman–Crippen MR) is 112 cm³/mol. The second-order valence-electron chi connectivity index (χ2n) is 8.02. The molecular weight excluding hydrogens is 372 g/mol. The zero-order valence-corrected chi connectivity index (χ0v) is 17.6. The molecule has 3 N–H and O–H groups in total. The van der Waals surface area contributed by atoms with E-state index >= 15 is 0 Å². The van der Waals surface area contributed by atoms with Gasteiger partial charge in [-0.15, -0.1) is 0 Å². The van der Waals surface area contributed by atoms with E-state index in [-0.39, 0.29) is 0 Å². The molecular formula is C22H28N2O5. The third-order valence-electron chi connectivity index (χ3n) is 5.05. The summed E-state index contributed by atoms with van der Waals surface area (Å²) in [4.78, 5) is 24.0. The lowest BCUT2D eigenvalue weighted by atomic mass is 9.74. The number of carbonyl (C=O) groups is 2. The third kappa shape index (κ3) is 5.19. The molecule has 0 radical (unpaired) electrons. The SMILES string of the molecule is COc1ccc(C)c(Oc2ccc(NC(=O)[C@](C)(NC(=O)O)C(C)(C)C)cc2)c1. The third-order valence-corrected chi connectivity index (χ3v) is 5.05.